The Kier molecular flexibility index (Phi) is 5.35. The second-order valence-corrected chi connectivity index (χ2v) is 3.61. The lowest BCUT2D eigenvalue weighted by Gasteiger charge is -2.13. The smallest absolute Gasteiger partial charge is 0.358 e. The summed E-state index contributed by atoms with van der Waals surface area (Å²) in [4.78, 5) is 19.3. The van der Waals surface area contributed by atoms with Crippen molar-refractivity contribution in [2.24, 2.45) is 0 Å². The highest BCUT2D eigenvalue weighted by atomic mass is 16.5. The van der Waals surface area contributed by atoms with Crippen LogP contribution in [0.2, 0.25) is 0 Å². The van der Waals surface area contributed by atoms with Gasteiger partial charge >= 0.3 is 5.97 Å². The van der Waals surface area contributed by atoms with E-state index >= 15 is 0 Å². The second-order valence-electron chi connectivity index (χ2n) is 3.61. The van der Waals surface area contributed by atoms with E-state index in [2.05, 4.69) is 20.0 Å². The lowest BCUT2D eigenvalue weighted by atomic mass is 10.2. The van der Waals surface area contributed by atoms with Crippen molar-refractivity contribution in [3.05, 3.63) is 18.1 Å². The maximum atomic E-state index is 11.3. The molecule has 1 heterocycles. The fourth-order valence-electron chi connectivity index (χ4n) is 1.26. The van der Waals surface area contributed by atoms with Gasteiger partial charge in [-0.3, -0.25) is 4.98 Å². The number of ether oxygens (including phenoxy) is 2. The summed E-state index contributed by atoms with van der Waals surface area (Å²) in [5.41, 5.74) is 0.191. The predicted molar refractivity (Wildman–Crippen MR) is 62.9 cm³/mol. The van der Waals surface area contributed by atoms with Gasteiger partial charge in [0.15, 0.2) is 5.69 Å². The quantitative estimate of drug-likeness (QED) is 0.749. The number of carbonyl (C=O) groups is 1. The van der Waals surface area contributed by atoms with Gasteiger partial charge < -0.3 is 14.8 Å². The number of anilines is 1. The van der Waals surface area contributed by atoms with E-state index < -0.39 is 5.97 Å². The van der Waals surface area contributed by atoms with Crippen molar-refractivity contribution in [2.45, 2.75) is 19.4 Å². The SMILES string of the molecule is COCCC(C)Nc1cncc(C(=O)OC)n1. The average molecular weight is 239 g/mol. The largest absolute Gasteiger partial charge is 0.464 e. The van der Waals surface area contributed by atoms with E-state index in [1.165, 1.54) is 13.3 Å². The molecule has 0 aliphatic rings. The Morgan fingerprint density at radius 3 is 2.88 bits per heavy atom. The number of rotatable bonds is 6. The normalized spacial score (nSPS) is 11.9. The van der Waals surface area contributed by atoms with Gasteiger partial charge in [0.05, 0.1) is 19.5 Å². The number of esters is 1. The monoisotopic (exact) mass is 239 g/mol. The third kappa shape index (κ3) is 4.36. The predicted octanol–water partition coefficient (Wildman–Crippen LogP) is 1.10. The molecule has 0 spiro atoms. The number of aromatic nitrogens is 2. The van der Waals surface area contributed by atoms with Crippen LogP contribution in [0.3, 0.4) is 0 Å². The summed E-state index contributed by atoms with van der Waals surface area (Å²) in [6, 6.07) is 0.192. The minimum atomic E-state index is -0.495. The highest BCUT2D eigenvalue weighted by Crippen LogP contribution is 2.06. The first-order valence-corrected chi connectivity index (χ1v) is 5.33. The number of nitrogens with one attached hydrogen (secondary N) is 1. The van der Waals surface area contributed by atoms with Crippen LogP contribution in [0.5, 0.6) is 0 Å². The zero-order chi connectivity index (χ0) is 12.7. The van der Waals surface area contributed by atoms with Crippen molar-refractivity contribution in [3.8, 4) is 0 Å². The van der Waals surface area contributed by atoms with E-state index in [1.54, 1.807) is 13.3 Å². The number of hydrogen-bond acceptors (Lipinski definition) is 6. The maximum absolute atomic E-state index is 11.3. The van der Waals surface area contributed by atoms with Crippen LogP contribution in [0, 0.1) is 0 Å². The molecular formula is C11H17N3O3. The second kappa shape index (κ2) is 6.80. The van der Waals surface area contributed by atoms with Crippen molar-refractivity contribution in [1.82, 2.24) is 9.97 Å². The van der Waals surface area contributed by atoms with Crippen LogP contribution in [-0.4, -0.2) is 42.8 Å². The molecule has 0 saturated heterocycles. The van der Waals surface area contributed by atoms with Gasteiger partial charge in [-0.1, -0.05) is 0 Å². The third-order valence-corrected chi connectivity index (χ3v) is 2.18. The zero-order valence-electron chi connectivity index (χ0n) is 10.3. The van der Waals surface area contributed by atoms with Gasteiger partial charge in [0.25, 0.3) is 0 Å². The third-order valence-electron chi connectivity index (χ3n) is 2.18. The van der Waals surface area contributed by atoms with Gasteiger partial charge in [0.1, 0.15) is 5.82 Å². The first kappa shape index (κ1) is 13.4. The zero-order valence-corrected chi connectivity index (χ0v) is 10.3. The van der Waals surface area contributed by atoms with Gasteiger partial charge in [-0.15, -0.1) is 0 Å². The molecule has 17 heavy (non-hydrogen) atoms. The Morgan fingerprint density at radius 2 is 2.24 bits per heavy atom. The Bertz CT molecular complexity index is 371. The van der Waals surface area contributed by atoms with E-state index in [0.29, 0.717) is 12.4 Å². The van der Waals surface area contributed by atoms with Crippen molar-refractivity contribution >= 4 is 11.8 Å². The summed E-state index contributed by atoms with van der Waals surface area (Å²) in [5.74, 6) is 0.0576. The molecule has 1 unspecified atom stereocenters. The van der Waals surface area contributed by atoms with Crippen molar-refractivity contribution < 1.29 is 14.3 Å². The molecule has 0 bridgehead atoms. The molecule has 0 aliphatic carbocycles. The van der Waals surface area contributed by atoms with Gasteiger partial charge in [-0.25, -0.2) is 9.78 Å². The van der Waals surface area contributed by atoms with E-state index in [-0.39, 0.29) is 11.7 Å². The number of carbonyl (C=O) groups excluding carboxylic acids is 1. The van der Waals surface area contributed by atoms with Gasteiger partial charge in [0, 0.05) is 19.8 Å². The average Bonchev–Trinajstić information content (AvgIpc) is 2.35. The number of methoxy groups -OCH3 is 2. The summed E-state index contributed by atoms with van der Waals surface area (Å²) in [6.45, 7) is 2.67. The first-order chi connectivity index (χ1) is 8.17. The molecule has 0 amide bonds. The summed E-state index contributed by atoms with van der Waals surface area (Å²) in [5, 5.41) is 3.13. The summed E-state index contributed by atoms with van der Waals surface area (Å²) in [6.07, 6.45) is 3.78. The molecule has 1 atom stereocenters. The Morgan fingerprint density at radius 1 is 1.47 bits per heavy atom. The van der Waals surface area contributed by atoms with Gasteiger partial charge in [-0.2, -0.15) is 0 Å². The topological polar surface area (TPSA) is 73.3 Å². The molecule has 0 aromatic carbocycles. The van der Waals surface area contributed by atoms with Crippen molar-refractivity contribution in [3.63, 3.8) is 0 Å². The maximum Gasteiger partial charge on any atom is 0.358 e. The highest BCUT2D eigenvalue weighted by Gasteiger charge is 2.09. The highest BCUT2D eigenvalue weighted by molar-refractivity contribution is 5.87. The first-order valence-electron chi connectivity index (χ1n) is 5.33. The van der Waals surface area contributed by atoms with Crippen LogP contribution in [-0.2, 0) is 9.47 Å². The Hall–Kier alpha value is -1.69. The summed E-state index contributed by atoms with van der Waals surface area (Å²) < 4.78 is 9.55. The Labute approximate surface area is 100 Å². The van der Waals surface area contributed by atoms with E-state index in [1.807, 2.05) is 6.92 Å². The van der Waals surface area contributed by atoms with Crippen LogP contribution in [0.4, 0.5) is 5.82 Å². The minimum absolute atomic E-state index is 0.191. The lowest BCUT2D eigenvalue weighted by molar-refractivity contribution is 0.0593. The van der Waals surface area contributed by atoms with Crippen LogP contribution in [0.15, 0.2) is 12.4 Å². The molecule has 6 heteroatoms. The standard InChI is InChI=1S/C11H17N3O3/c1-8(4-5-16-2)13-10-7-12-6-9(14-10)11(15)17-3/h6-8H,4-5H2,1-3H3,(H,13,14). The molecule has 0 saturated carbocycles. The lowest BCUT2D eigenvalue weighted by Crippen LogP contribution is -2.19. The van der Waals surface area contributed by atoms with Crippen molar-refractivity contribution in [2.75, 3.05) is 26.1 Å². The molecule has 1 N–H and O–H groups in total. The molecule has 6 nitrogen and oxygen atoms in total. The van der Waals surface area contributed by atoms with Crippen LogP contribution >= 0.6 is 0 Å². The van der Waals surface area contributed by atoms with Gasteiger partial charge in [0.2, 0.25) is 0 Å². The molecule has 1 rings (SSSR count). The van der Waals surface area contributed by atoms with E-state index in [4.69, 9.17) is 4.74 Å². The molecule has 0 aliphatic heterocycles. The van der Waals surface area contributed by atoms with E-state index in [0.717, 1.165) is 6.42 Å². The molecule has 1 aromatic heterocycles. The molecular weight excluding hydrogens is 222 g/mol. The van der Waals surface area contributed by atoms with Crippen LogP contribution < -0.4 is 5.32 Å². The Balaban J connectivity index is 2.62. The van der Waals surface area contributed by atoms with Crippen LogP contribution in [0.1, 0.15) is 23.8 Å². The fourth-order valence-corrected chi connectivity index (χ4v) is 1.26. The molecule has 0 fully saturated rings. The van der Waals surface area contributed by atoms with Crippen molar-refractivity contribution in [1.29, 1.82) is 0 Å². The van der Waals surface area contributed by atoms with E-state index in [9.17, 15) is 4.79 Å². The molecule has 1 aromatic rings. The summed E-state index contributed by atoms with van der Waals surface area (Å²) in [7, 11) is 2.97. The van der Waals surface area contributed by atoms with Crippen LogP contribution in [0.25, 0.3) is 0 Å². The number of hydrogen-bond donors (Lipinski definition) is 1. The molecule has 0 radical (unpaired) electrons. The minimum Gasteiger partial charge on any atom is -0.464 e. The number of nitrogens with zero attached hydrogens (tertiary/aromatic N) is 2. The fraction of sp³-hybridized carbons (Fsp3) is 0.545. The summed E-state index contributed by atoms with van der Waals surface area (Å²) >= 11 is 0. The molecule has 94 valence electrons. The van der Waals surface area contributed by atoms with Gasteiger partial charge in [-0.05, 0) is 13.3 Å².